The molecule has 1 amide bonds. The molecule has 2 aromatic rings. The second-order valence-electron chi connectivity index (χ2n) is 5.61. The molecule has 0 spiro atoms. The summed E-state index contributed by atoms with van der Waals surface area (Å²) < 4.78 is 37.6. The number of benzene rings is 2. The molecule has 0 saturated heterocycles. The van der Waals surface area contributed by atoms with Gasteiger partial charge in [-0.1, -0.05) is 0 Å². The van der Waals surface area contributed by atoms with Gasteiger partial charge in [0.2, 0.25) is 11.1 Å². The minimum Gasteiger partial charge on any atom is -0.497 e. The van der Waals surface area contributed by atoms with Gasteiger partial charge < -0.3 is 14.8 Å². The van der Waals surface area contributed by atoms with E-state index in [0.717, 1.165) is 4.31 Å². The van der Waals surface area contributed by atoms with Crippen molar-refractivity contribution in [3.63, 3.8) is 0 Å². The van der Waals surface area contributed by atoms with Crippen LogP contribution in [0.4, 0.5) is 11.4 Å². The van der Waals surface area contributed by atoms with Crippen LogP contribution in [0.3, 0.4) is 0 Å². The maximum absolute atomic E-state index is 13.2. The van der Waals surface area contributed by atoms with E-state index >= 15 is 0 Å². The molecule has 1 N–H and O–H groups in total. The van der Waals surface area contributed by atoms with Crippen molar-refractivity contribution in [1.29, 1.82) is 0 Å². The van der Waals surface area contributed by atoms with Gasteiger partial charge in [0, 0.05) is 18.7 Å². The highest BCUT2D eigenvalue weighted by Gasteiger charge is 2.29. The molecule has 0 aromatic heterocycles. The van der Waals surface area contributed by atoms with Gasteiger partial charge in [-0.05, 0) is 48.0 Å². The maximum Gasteiger partial charge on any atom is 0.264 e. The summed E-state index contributed by atoms with van der Waals surface area (Å²) in [4.78, 5) is 22.6. The van der Waals surface area contributed by atoms with Crippen LogP contribution in [0.2, 0.25) is 0 Å². The number of anilines is 2. The molecule has 2 aromatic carbocycles. The Morgan fingerprint density at radius 1 is 1.07 bits per heavy atom. The molecule has 0 bridgehead atoms. The lowest BCUT2D eigenvalue weighted by atomic mass is 10.2. The molecule has 28 heavy (non-hydrogen) atoms. The highest BCUT2D eigenvalue weighted by atomic mass is 35.5. The SMILES string of the molecule is COc1ccc(N(CC(=O)Cl)S(=O)(=O)c2ccc(NC(C)=O)cc2)c(OC)c1. The van der Waals surface area contributed by atoms with Crippen LogP contribution in [-0.2, 0) is 19.6 Å². The summed E-state index contributed by atoms with van der Waals surface area (Å²) in [6.07, 6.45) is 0. The van der Waals surface area contributed by atoms with Crippen LogP contribution in [-0.4, -0.2) is 40.3 Å². The van der Waals surface area contributed by atoms with Crippen LogP contribution in [0.5, 0.6) is 11.5 Å². The van der Waals surface area contributed by atoms with Crippen molar-refractivity contribution in [2.24, 2.45) is 0 Å². The minimum absolute atomic E-state index is 0.0858. The number of sulfonamides is 1. The number of carbonyl (C=O) groups excluding carboxylic acids is 2. The van der Waals surface area contributed by atoms with E-state index in [1.807, 2.05) is 0 Å². The predicted octanol–water partition coefficient (Wildman–Crippen LogP) is 2.62. The number of ether oxygens (including phenoxy) is 2. The summed E-state index contributed by atoms with van der Waals surface area (Å²) in [5.74, 6) is 0.360. The number of halogens is 1. The third-order valence-corrected chi connectivity index (χ3v) is 5.58. The summed E-state index contributed by atoms with van der Waals surface area (Å²) in [6.45, 7) is 0.744. The zero-order valence-corrected chi connectivity index (χ0v) is 17.0. The number of methoxy groups -OCH3 is 2. The maximum atomic E-state index is 13.2. The third-order valence-electron chi connectivity index (χ3n) is 3.69. The normalized spacial score (nSPS) is 10.9. The van der Waals surface area contributed by atoms with Crippen LogP contribution in [0.25, 0.3) is 0 Å². The number of nitrogens with zero attached hydrogens (tertiary/aromatic N) is 1. The Morgan fingerprint density at radius 3 is 2.21 bits per heavy atom. The monoisotopic (exact) mass is 426 g/mol. The molecule has 10 heteroatoms. The number of amides is 1. The Bertz CT molecular complexity index is 976. The zero-order valence-electron chi connectivity index (χ0n) is 15.4. The molecule has 0 aliphatic carbocycles. The van der Waals surface area contributed by atoms with Gasteiger partial charge in [-0.3, -0.25) is 13.9 Å². The molecule has 2 rings (SSSR count). The van der Waals surface area contributed by atoms with E-state index in [2.05, 4.69) is 5.32 Å². The molecular weight excluding hydrogens is 408 g/mol. The van der Waals surface area contributed by atoms with E-state index in [9.17, 15) is 18.0 Å². The molecule has 0 unspecified atom stereocenters. The fraction of sp³-hybridized carbons (Fsp3) is 0.222. The molecular formula is C18H19ClN2O6S. The van der Waals surface area contributed by atoms with E-state index < -0.39 is 21.8 Å². The number of rotatable bonds is 8. The van der Waals surface area contributed by atoms with Crippen LogP contribution in [0.15, 0.2) is 47.4 Å². The molecule has 0 radical (unpaired) electrons. The number of hydrogen-bond acceptors (Lipinski definition) is 6. The van der Waals surface area contributed by atoms with Crippen molar-refractivity contribution in [3.05, 3.63) is 42.5 Å². The van der Waals surface area contributed by atoms with Crippen molar-refractivity contribution in [1.82, 2.24) is 0 Å². The summed E-state index contributed by atoms with van der Waals surface area (Å²) in [5, 5.41) is 1.69. The molecule has 0 aliphatic rings. The van der Waals surface area contributed by atoms with Crippen LogP contribution >= 0.6 is 11.6 Å². The van der Waals surface area contributed by atoms with Gasteiger partial charge in [-0.25, -0.2) is 8.42 Å². The van der Waals surface area contributed by atoms with E-state index in [1.54, 1.807) is 6.07 Å². The third kappa shape index (κ3) is 4.93. The van der Waals surface area contributed by atoms with Crippen LogP contribution in [0, 0.1) is 0 Å². The summed E-state index contributed by atoms with van der Waals surface area (Å²) >= 11 is 5.49. The molecule has 0 aliphatic heterocycles. The number of hydrogen-bond donors (Lipinski definition) is 1. The molecule has 0 saturated carbocycles. The second kappa shape index (κ2) is 8.94. The van der Waals surface area contributed by atoms with E-state index in [-0.39, 0.29) is 22.2 Å². The van der Waals surface area contributed by atoms with Crippen LogP contribution < -0.4 is 19.1 Å². The minimum atomic E-state index is -4.15. The summed E-state index contributed by atoms with van der Waals surface area (Å²) in [5.41, 5.74) is 0.566. The Labute approximate surface area is 168 Å². The lowest BCUT2D eigenvalue weighted by molar-refractivity contribution is -0.114. The van der Waals surface area contributed by atoms with E-state index in [0.29, 0.717) is 11.4 Å². The van der Waals surface area contributed by atoms with Crippen molar-refractivity contribution in [3.8, 4) is 11.5 Å². The van der Waals surface area contributed by atoms with E-state index in [4.69, 9.17) is 21.1 Å². The number of nitrogens with one attached hydrogen (secondary N) is 1. The Kier molecular flexibility index (Phi) is 6.87. The fourth-order valence-electron chi connectivity index (χ4n) is 2.44. The summed E-state index contributed by atoms with van der Waals surface area (Å²) in [6, 6.07) is 10.0. The fourth-order valence-corrected chi connectivity index (χ4v) is 4.07. The first kappa shape index (κ1) is 21.5. The van der Waals surface area contributed by atoms with Crippen molar-refractivity contribution in [2.75, 3.05) is 30.4 Å². The van der Waals surface area contributed by atoms with Gasteiger partial charge in [-0.15, -0.1) is 0 Å². The van der Waals surface area contributed by atoms with Gasteiger partial charge in [0.25, 0.3) is 10.0 Å². The van der Waals surface area contributed by atoms with Gasteiger partial charge in [0.05, 0.1) is 24.8 Å². The largest absolute Gasteiger partial charge is 0.497 e. The highest BCUT2D eigenvalue weighted by Crippen LogP contribution is 2.35. The van der Waals surface area contributed by atoms with Gasteiger partial charge in [0.1, 0.15) is 18.0 Å². The Morgan fingerprint density at radius 2 is 1.71 bits per heavy atom. The lowest BCUT2D eigenvalue weighted by Crippen LogP contribution is -2.34. The zero-order chi connectivity index (χ0) is 20.9. The molecule has 0 fully saturated rings. The Balaban J connectivity index is 2.52. The average Bonchev–Trinajstić information content (AvgIpc) is 2.65. The Hall–Kier alpha value is -2.78. The first-order valence-electron chi connectivity index (χ1n) is 7.99. The first-order chi connectivity index (χ1) is 13.2. The number of carbonyl (C=O) groups is 2. The molecule has 0 heterocycles. The first-order valence-corrected chi connectivity index (χ1v) is 9.81. The van der Waals surface area contributed by atoms with Crippen molar-refractivity contribution >= 4 is 44.1 Å². The highest BCUT2D eigenvalue weighted by molar-refractivity contribution is 7.92. The smallest absolute Gasteiger partial charge is 0.264 e. The predicted molar refractivity (Wildman–Crippen MR) is 106 cm³/mol. The average molecular weight is 427 g/mol. The summed E-state index contributed by atoms with van der Waals surface area (Å²) in [7, 11) is -1.32. The standard InChI is InChI=1S/C18H19ClN2O6S/c1-12(22)20-13-4-7-15(8-5-13)28(24,25)21(11-18(19)23)16-9-6-14(26-2)10-17(16)27-3/h4-10H,11H2,1-3H3,(H,20,22). The molecule has 8 nitrogen and oxygen atoms in total. The lowest BCUT2D eigenvalue weighted by Gasteiger charge is -2.25. The van der Waals surface area contributed by atoms with Crippen LogP contribution in [0.1, 0.15) is 6.92 Å². The van der Waals surface area contributed by atoms with Gasteiger partial charge >= 0.3 is 0 Å². The van der Waals surface area contributed by atoms with E-state index in [1.165, 1.54) is 57.5 Å². The molecule has 150 valence electrons. The van der Waals surface area contributed by atoms with Crippen molar-refractivity contribution in [2.45, 2.75) is 11.8 Å². The quantitative estimate of drug-likeness (QED) is 0.651. The molecule has 0 atom stereocenters. The van der Waals surface area contributed by atoms with Gasteiger partial charge in [-0.2, -0.15) is 0 Å². The second-order valence-corrected chi connectivity index (χ2v) is 7.89. The topological polar surface area (TPSA) is 102 Å². The van der Waals surface area contributed by atoms with Crippen molar-refractivity contribution < 1.29 is 27.5 Å². The van der Waals surface area contributed by atoms with Gasteiger partial charge in [0.15, 0.2) is 0 Å².